The molecular weight excluding hydrogens is 265 g/mol. The van der Waals surface area contributed by atoms with Crippen LogP contribution in [0.3, 0.4) is 0 Å². The summed E-state index contributed by atoms with van der Waals surface area (Å²) in [7, 11) is 0. The highest BCUT2D eigenvalue weighted by atomic mass is 19.4. The van der Waals surface area contributed by atoms with Crippen molar-refractivity contribution in [3.63, 3.8) is 0 Å². The quantitative estimate of drug-likeness (QED) is 0.857. The highest BCUT2D eigenvalue weighted by molar-refractivity contribution is 5.04. The smallest absolute Gasteiger partial charge is 0.311 e. The molecule has 0 radical (unpaired) electrons. The van der Waals surface area contributed by atoms with E-state index in [9.17, 15) is 13.2 Å². The maximum Gasteiger partial charge on any atom is 0.393 e. The fraction of sp³-hybridized carbons (Fsp3) is 1.00. The Bertz CT molecular complexity index is 333. The molecule has 0 unspecified atom stereocenters. The van der Waals surface area contributed by atoms with Gasteiger partial charge in [-0.2, -0.15) is 13.2 Å². The number of alkyl halides is 3. The zero-order chi connectivity index (χ0) is 15.1. The molecule has 1 heterocycles. The first-order valence-corrected chi connectivity index (χ1v) is 7.70. The van der Waals surface area contributed by atoms with Crippen LogP contribution in [0.4, 0.5) is 13.2 Å². The molecule has 118 valence electrons. The third-order valence-electron chi connectivity index (χ3n) is 4.90. The van der Waals surface area contributed by atoms with Gasteiger partial charge in [0, 0.05) is 31.2 Å². The number of nitrogens with one attached hydrogen (secondary N) is 1. The number of likely N-dealkylation sites (tertiary alicyclic amines) is 1. The van der Waals surface area contributed by atoms with Crippen LogP contribution in [0.1, 0.15) is 47.0 Å². The molecule has 0 aromatic rings. The van der Waals surface area contributed by atoms with Crippen LogP contribution in [0.5, 0.6) is 0 Å². The highest BCUT2D eigenvalue weighted by Crippen LogP contribution is 2.50. The molecule has 0 aromatic carbocycles. The van der Waals surface area contributed by atoms with Crippen LogP contribution in [-0.4, -0.2) is 42.3 Å². The van der Waals surface area contributed by atoms with Crippen molar-refractivity contribution >= 4 is 0 Å². The summed E-state index contributed by atoms with van der Waals surface area (Å²) in [4.78, 5) is 2.28. The van der Waals surface area contributed by atoms with E-state index < -0.39 is 18.1 Å². The van der Waals surface area contributed by atoms with E-state index in [2.05, 4.69) is 24.1 Å². The molecule has 0 bridgehead atoms. The second-order valence-corrected chi connectivity index (χ2v) is 7.32. The standard InChI is InChI=1S/C15H27F3N2/c1-10(2)19-13-5-6-14(7-12(13)15(16,17)18)8-20(9-14)11(3)4/h10-13,19H,5-9H2,1-4H3/t12-,13-/m1/s1. The van der Waals surface area contributed by atoms with Gasteiger partial charge in [-0.05, 0) is 38.5 Å². The fourth-order valence-corrected chi connectivity index (χ4v) is 3.81. The molecule has 2 atom stereocenters. The Kier molecular flexibility index (Phi) is 4.41. The summed E-state index contributed by atoms with van der Waals surface area (Å²) < 4.78 is 40.0. The molecular formula is C15H27F3N2. The van der Waals surface area contributed by atoms with E-state index >= 15 is 0 Å². The lowest BCUT2D eigenvalue weighted by molar-refractivity contribution is -0.212. The van der Waals surface area contributed by atoms with Gasteiger partial charge in [0.2, 0.25) is 0 Å². The van der Waals surface area contributed by atoms with Gasteiger partial charge in [0.15, 0.2) is 0 Å². The molecule has 2 nitrogen and oxygen atoms in total. The predicted octanol–water partition coefficient (Wildman–Crippen LogP) is 3.43. The zero-order valence-corrected chi connectivity index (χ0v) is 12.9. The summed E-state index contributed by atoms with van der Waals surface area (Å²) in [6.07, 6.45) is -2.22. The molecule has 1 aliphatic carbocycles. The predicted molar refractivity (Wildman–Crippen MR) is 74.6 cm³/mol. The van der Waals surface area contributed by atoms with E-state index in [0.717, 1.165) is 19.5 Å². The molecule has 1 aliphatic heterocycles. The van der Waals surface area contributed by atoms with Crippen LogP contribution >= 0.6 is 0 Å². The molecule has 1 saturated carbocycles. The Morgan fingerprint density at radius 1 is 1.15 bits per heavy atom. The molecule has 0 aromatic heterocycles. The molecule has 20 heavy (non-hydrogen) atoms. The summed E-state index contributed by atoms with van der Waals surface area (Å²) in [6.45, 7) is 9.74. The van der Waals surface area contributed by atoms with Gasteiger partial charge in [-0.1, -0.05) is 13.8 Å². The van der Waals surface area contributed by atoms with E-state index in [1.807, 2.05) is 13.8 Å². The number of hydrogen-bond acceptors (Lipinski definition) is 2. The lowest BCUT2D eigenvalue weighted by Crippen LogP contribution is -2.63. The van der Waals surface area contributed by atoms with E-state index in [4.69, 9.17) is 0 Å². The first-order valence-electron chi connectivity index (χ1n) is 7.70. The van der Waals surface area contributed by atoms with Gasteiger partial charge in [0.25, 0.3) is 0 Å². The second kappa shape index (κ2) is 5.48. The number of nitrogens with zero attached hydrogens (tertiary/aromatic N) is 1. The van der Waals surface area contributed by atoms with Gasteiger partial charge >= 0.3 is 6.18 Å². The Morgan fingerprint density at radius 2 is 1.75 bits per heavy atom. The van der Waals surface area contributed by atoms with Crippen molar-refractivity contribution in [1.82, 2.24) is 10.2 Å². The largest absolute Gasteiger partial charge is 0.393 e. The Balaban J connectivity index is 2.03. The van der Waals surface area contributed by atoms with Crippen molar-refractivity contribution < 1.29 is 13.2 Å². The molecule has 5 heteroatoms. The van der Waals surface area contributed by atoms with Gasteiger partial charge in [-0.25, -0.2) is 0 Å². The minimum Gasteiger partial charge on any atom is -0.311 e. The van der Waals surface area contributed by atoms with Crippen LogP contribution in [0.15, 0.2) is 0 Å². The van der Waals surface area contributed by atoms with Gasteiger partial charge < -0.3 is 5.32 Å². The first kappa shape index (κ1) is 16.1. The highest BCUT2D eigenvalue weighted by Gasteiger charge is 2.55. The summed E-state index contributed by atoms with van der Waals surface area (Å²) in [5, 5.41) is 3.12. The average molecular weight is 292 g/mol. The van der Waals surface area contributed by atoms with Crippen molar-refractivity contribution in [2.75, 3.05) is 13.1 Å². The Hall–Kier alpha value is -0.290. The van der Waals surface area contributed by atoms with Crippen molar-refractivity contribution in [2.24, 2.45) is 11.3 Å². The molecule has 1 N–H and O–H groups in total. The van der Waals surface area contributed by atoms with E-state index in [1.54, 1.807) is 0 Å². The van der Waals surface area contributed by atoms with Crippen molar-refractivity contribution in [3.05, 3.63) is 0 Å². The second-order valence-electron chi connectivity index (χ2n) is 7.32. The summed E-state index contributed by atoms with van der Waals surface area (Å²) in [5.74, 6) is -1.19. The van der Waals surface area contributed by atoms with Crippen LogP contribution in [0.25, 0.3) is 0 Å². The average Bonchev–Trinajstić information content (AvgIpc) is 2.24. The minimum absolute atomic E-state index is 0.0837. The summed E-state index contributed by atoms with van der Waals surface area (Å²) >= 11 is 0. The van der Waals surface area contributed by atoms with Crippen molar-refractivity contribution in [2.45, 2.75) is 71.3 Å². The van der Waals surface area contributed by atoms with E-state index in [-0.39, 0.29) is 11.5 Å². The first-order chi connectivity index (χ1) is 9.13. The molecule has 2 fully saturated rings. The summed E-state index contributed by atoms with van der Waals surface area (Å²) in [5.41, 5.74) is -0.0837. The van der Waals surface area contributed by atoms with Crippen molar-refractivity contribution in [3.8, 4) is 0 Å². The maximum absolute atomic E-state index is 13.3. The van der Waals surface area contributed by atoms with Gasteiger partial charge in [0.1, 0.15) is 0 Å². The third-order valence-corrected chi connectivity index (χ3v) is 4.90. The monoisotopic (exact) mass is 292 g/mol. The molecule has 2 aliphatic rings. The summed E-state index contributed by atoms with van der Waals surface area (Å²) in [6, 6.07) is 0.137. The SMILES string of the molecule is CC(C)N[C@@H]1CCC2(C[C@H]1C(F)(F)F)CN(C(C)C)C2. The maximum atomic E-state index is 13.3. The number of halogens is 3. The Labute approximate surface area is 120 Å². The van der Waals surface area contributed by atoms with Crippen LogP contribution < -0.4 is 5.32 Å². The topological polar surface area (TPSA) is 15.3 Å². The van der Waals surface area contributed by atoms with Gasteiger partial charge in [-0.15, -0.1) is 0 Å². The molecule has 0 amide bonds. The lowest BCUT2D eigenvalue weighted by Gasteiger charge is -2.57. The van der Waals surface area contributed by atoms with Crippen LogP contribution in [0.2, 0.25) is 0 Å². The molecule has 1 saturated heterocycles. The van der Waals surface area contributed by atoms with E-state index in [1.165, 1.54) is 0 Å². The Morgan fingerprint density at radius 3 is 2.20 bits per heavy atom. The van der Waals surface area contributed by atoms with Gasteiger partial charge in [-0.3, -0.25) is 4.90 Å². The van der Waals surface area contributed by atoms with Crippen molar-refractivity contribution in [1.29, 1.82) is 0 Å². The minimum atomic E-state index is -4.09. The molecule has 1 spiro atoms. The van der Waals surface area contributed by atoms with Crippen LogP contribution in [0, 0.1) is 11.3 Å². The fourth-order valence-electron chi connectivity index (χ4n) is 3.81. The van der Waals surface area contributed by atoms with E-state index in [0.29, 0.717) is 18.9 Å². The van der Waals surface area contributed by atoms with Crippen LogP contribution in [-0.2, 0) is 0 Å². The zero-order valence-electron chi connectivity index (χ0n) is 12.9. The number of rotatable bonds is 3. The van der Waals surface area contributed by atoms with Gasteiger partial charge in [0.05, 0.1) is 5.92 Å². The molecule has 2 rings (SSSR count). The normalized spacial score (nSPS) is 31.1. The third kappa shape index (κ3) is 3.30. The number of hydrogen-bond donors (Lipinski definition) is 1. The lowest BCUT2D eigenvalue weighted by atomic mass is 9.63.